The Labute approximate surface area is 118 Å². The lowest BCUT2D eigenvalue weighted by Crippen LogP contribution is -2.03. The Hall–Kier alpha value is -1.81. The van der Waals surface area contributed by atoms with Crippen LogP contribution in [-0.2, 0) is 6.54 Å². The van der Waals surface area contributed by atoms with Gasteiger partial charge in [-0.05, 0) is 12.0 Å². The number of hydrogen-bond donors (Lipinski definition) is 1. The van der Waals surface area contributed by atoms with Gasteiger partial charge in [0.2, 0.25) is 0 Å². The maximum Gasteiger partial charge on any atom is 0.152 e. The summed E-state index contributed by atoms with van der Waals surface area (Å²) in [5.41, 5.74) is 8.79. The number of para-hydroxylation sites is 1. The van der Waals surface area contributed by atoms with Crippen molar-refractivity contribution in [2.24, 2.45) is 5.92 Å². The van der Waals surface area contributed by atoms with Crippen molar-refractivity contribution in [3.05, 3.63) is 30.6 Å². The van der Waals surface area contributed by atoms with E-state index in [0.29, 0.717) is 11.7 Å². The van der Waals surface area contributed by atoms with Gasteiger partial charge in [-0.2, -0.15) is 0 Å². The molecule has 2 aromatic heterocycles. The zero-order valence-electron chi connectivity index (χ0n) is 11.0. The van der Waals surface area contributed by atoms with Crippen LogP contribution in [0, 0.1) is 5.92 Å². The molecule has 0 saturated heterocycles. The molecule has 2 heterocycles. The second-order valence-electron chi connectivity index (χ2n) is 5.00. The van der Waals surface area contributed by atoms with E-state index >= 15 is 0 Å². The van der Waals surface area contributed by atoms with Crippen molar-refractivity contribution in [2.75, 3.05) is 5.73 Å². The molecule has 1 aromatic carbocycles. The fraction of sp³-hybridized carbons (Fsp3) is 0.286. The standard InChI is InChI=1S/C14H16N4.ClH/c1-9(2)7-18-8-16-12-13(18)10-5-3-4-6-11(10)17-14(12)15;/h3-6,8-9H,7H2,1-2H3,(H2,15,17);1H. The SMILES string of the molecule is CC(C)Cn1cnc2c(N)nc3ccccc3c21.Cl. The molecule has 0 unspecified atom stereocenters. The first-order chi connectivity index (χ1) is 8.66. The number of rotatable bonds is 2. The highest BCUT2D eigenvalue weighted by molar-refractivity contribution is 6.06. The minimum absolute atomic E-state index is 0. The average Bonchev–Trinajstić information content (AvgIpc) is 2.73. The Bertz CT molecular complexity index is 718. The van der Waals surface area contributed by atoms with Gasteiger partial charge in [0, 0.05) is 11.9 Å². The number of hydrogen-bond acceptors (Lipinski definition) is 3. The summed E-state index contributed by atoms with van der Waals surface area (Å²) in [6, 6.07) is 8.05. The number of benzene rings is 1. The first kappa shape index (κ1) is 13.6. The predicted octanol–water partition coefficient (Wildman–Crippen LogP) is 3.24. The van der Waals surface area contributed by atoms with Gasteiger partial charge in [0.1, 0.15) is 5.52 Å². The number of imidazole rings is 1. The quantitative estimate of drug-likeness (QED) is 0.782. The summed E-state index contributed by atoms with van der Waals surface area (Å²) in [5.74, 6) is 1.07. The molecule has 4 nitrogen and oxygen atoms in total. The molecule has 0 fully saturated rings. The van der Waals surface area contributed by atoms with E-state index in [9.17, 15) is 0 Å². The molecular formula is C14H17ClN4. The average molecular weight is 277 g/mol. The lowest BCUT2D eigenvalue weighted by Gasteiger charge is -2.09. The molecule has 3 rings (SSSR count). The van der Waals surface area contributed by atoms with Gasteiger partial charge in [0.05, 0.1) is 17.4 Å². The Morgan fingerprint density at radius 3 is 2.74 bits per heavy atom. The summed E-state index contributed by atoms with van der Waals surface area (Å²) in [7, 11) is 0. The van der Waals surface area contributed by atoms with Gasteiger partial charge in [-0.25, -0.2) is 9.97 Å². The van der Waals surface area contributed by atoms with Crippen molar-refractivity contribution in [3.8, 4) is 0 Å². The third kappa shape index (κ3) is 2.24. The number of anilines is 1. The zero-order valence-corrected chi connectivity index (χ0v) is 11.8. The zero-order chi connectivity index (χ0) is 12.7. The van der Waals surface area contributed by atoms with Gasteiger partial charge < -0.3 is 10.3 Å². The first-order valence-electron chi connectivity index (χ1n) is 6.16. The van der Waals surface area contributed by atoms with Crippen LogP contribution in [0.2, 0.25) is 0 Å². The number of aromatic nitrogens is 3. The third-order valence-electron chi connectivity index (χ3n) is 3.04. The minimum atomic E-state index is 0. The van der Waals surface area contributed by atoms with E-state index in [0.717, 1.165) is 28.5 Å². The molecule has 0 radical (unpaired) electrons. The highest BCUT2D eigenvalue weighted by atomic mass is 35.5. The van der Waals surface area contributed by atoms with Gasteiger partial charge in [0.25, 0.3) is 0 Å². The number of halogens is 1. The Morgan fingerprint density at radius 1 is 1.26 bits per heavy atom. The summed E-state index contributed by atoms with van der Waals surface area (Å²) < 4.78 is 2.17. The third-order valence-corrected chi connectivity index (χ3v) is 3.04. The molecule has 100 valence electrons. The van der Waals surface area contributed by atoms with Crippen LogP contribution in [0.5, 0.6) is 0 Å². The smallest absolute Gasteiger partial charge is 0.152 e. The normalized spacial score (nSPS) is 11.1. The van der Waals surface area contributed by atoms with Crippen molar-refractivity contribution >= 4 is 40.2 Å². The topological polar surface area (TPSA) is 56.7 Å². The van der Waals surface area contributed by atoms with E-state index in [4.69, 9.17) is 5.73 Å². The molecule has 3 aromatic rings. The summed E-state index contributed by atoms with van der Waals surface area (Å²) in [5, 5.41) is 1.11. The van der Waals surface area contributed by atoms with E-state index in [1.807, 2.05) is 24.5 Å². The Morgan fingerprint density at radius 2 is 2.00 bits per heavy atom. The predicted molar refractivity (Wildman–Crippen MR) is 81.5 cm³/mol. The molecule has 0 aliphatic rings. The van der Waals surface area contributed by atoms with Crippen LogP contribution in [0.25, 0.3) is 21.9 Å². The second-order valence-corrected chi connectivity index (χ2v) is 5.00. The first-order valence-corrected chi connectivity index (χ1v) is 6.16. The van der Waals surface area contributed by atoms with Crippen LogP contribution < -0.4 is 5.73 Å². The van der Waals surface area contributed by atoms with Crippen molar-refractivity contribution in [1.82, 2.24) is 14.5 Å². The van der Waals surface area contributed by atoms with E-state index in [2.05, 4.69) is 34.4 Å². The maximum atomic E-state index is 5.98. The number of nitrogen functional groups attached to an aromatic ring is 1. The van der Waals surface area contributed by atoms with Gasteiger partial charge in [0.15, 0.2) is 5.82 Å². The van der Waals surface area contributed by atoms with E-state index in [1.54, 1.807) is 0 Å². The summed E-state index contributed by atoms with van der Waals surface area (Å²) in [6.07, 6.45) is 1.86. The summed E-state index contributed by atoms with van der Waals surface area (Å²) >= 11 is 0. The lowest BCUT2D eigenvalue weighted by atomic mass is 10.1. The maximum absolute atomic E-state index is 5.98. The van der Waals surface area contributed by atoms with Crippen molar-refractivity contribution in [3.63, 3.8) is 0 Å². The fourth-order valence-corrected chi connectivity index (χ4v) is 2.34. The molecule has 5 heteroatoms. The molecule has 0 atom stereocenters. The molecule has 19 heavy (non-hydrogen) atoms. The molecule has 0 spiro atoms. The van der Waals surface area contributed by atoms with Crippen LogP contribution in [0.1, 0.15) is 13.8 Å². The van der Waals surface area contributed by atoms with Crippen molar-refractivity contribution in [1.29, 1.82) is 0 Å². The van der Waals surface area contributed by atoms with Crippen LogP contribution in [0.3, 0.4) is 0 Å². The largest absolute Gasteiger partial charge is 0.382 e. The molecule has 2 N–H and O–H groups in total. The van der Waals surface area contributed by atoms with E-state index in [-0.39, 0.29) is 12.4 Å². The monoisotopic (exact) mass is 276 g/mol. The van der Waals surface area contributed by atoms with Crippen LogP contribution in [-0.4, -0.2) is 14.5 Å². The Kier molecular flexibility index (Phi) is 3.62. The van der Waals surface area contributed by atoms with Gasteiger partial charge >= 0.3 is 0 Å². The van der Waals surface area contributed by atoms with Crippen molar-refractivity contribution < 1.29 is 0 Å². The second kappa shape index (κ2) is 5.05. The number of nitrogens with two attached hydrogens (primary N) is 1. The van der Waals surface area contributed by atoms with Crippen LogP contribution in [0.15, 0.2) is 30.6 Å². The Balaban J connectivity index is 0.00000133. The molecule has 0 saturated carbocycles. The fourth-order valence-electron chi connectivity index (χ4n) is 2.34. The summed E-state index contributed by atoms with van der Waals surface area (Å²) in [4.78, 5) is 8.80. The molecule has 0 aliphatic heterocycles. The highest BCUT2D eigenvalue weighted by Gasteiger charge is 2.12. The minimum Gasteiger partial charge on any atom is -0.382 e. The van der Waals surface area contributed by atoms with Crippen LogP contribution >= 0.6 is 12.4 Å². The molecule has 0 bridgehead atoms. The highest BCUT2D eigenvalue weighted by Crippen LogP contribution is 2.27. The van der Waals surface area contributed by atoms with E-state index in [1.165, 1.54) is 0 Å². The molecule has 0 aliphatic carbocycles. The molecular weight excluding hydrogens is 260 g/mol. The number of pyridine rings is 1. The van der Waals surface area contributed by atoms with Crippen molar-refractivity contribution in [2.45, 2.75) is 20.4 Å². The van der Waals surface area contributed by atoms with Gasteiger partial charge in [-0.15, -0.1) is 12.4 Å². The van der Waals surface area contributed by atoms with E-state index < -0.39 is 0 Å². The van der Waals surface area contributed by atoms with Crippen LogP contribution in [0.4, 0.5) is 5.82 Å². The molecule has 0 amide bonds. The van der Waals surface area contributed by atoms with Gasteiger partial charge in [-0.1, -0.05) is 32.0 Å². The summed E-state index contributed by atoms with van der Waals surface area (Å²) in [6.45, 7) is 5.32. The lowest BCUT2D eigenvalue weighted by molar-refractivity contribution is 0.533. The number of fused-ring (bicyclic) bond motifs is 3. The number of nitrogens with zero attached hydrogens (tertiary/aromatic N) is 3. The van der Waals surface area contributed by atoms with Gasteiger partial charge in [-0.3, -0.25) is 0 Å².